The van der Waals surface area contributed by atoms with Gasteiger partial charge >= 0.3 is 45.9 Å². The molecule has 0 aliphatic carbocycles. The Morgan fingerprint density at radius 2 is 1.31 bits per heavy atom. The van der Waals surface area contributed by atoms with E-state index in [0.29, 0.717) is 6.42 Å². The number of aliphatic hydroxyl groups excluding tert-OH is 2. The molecule has 0 bridgehead atoms. The van der Waals surface area contributed by atoms with E-state index in [-0.39, 0.29) is 36.2 Å². The Bertz CT molecular complexity index is 443. The van der Waals surface area contributed by atoms with Crippen LogP contribution < -0.4 is 0 Å². The van der Waals surface area contributed by atoms with Gasteiger partial charge in [-0.3, -0.25) is 0 Å². The molecule has 8 nitrogen and oxygen atoms in total. The maximum atomic E-state index is 11.3. The summed E-state index contributed by atoms with van der Waals surface area (Å²) < 4.78 is 35.8. The predicted octanol–water partition coefficient (Wildman–Crippen LogP) is 2.46. The first-order valence-electron chi connectivity index (χ1n) is 10.3. The molecule has 0 amide bonds. The van der Waals surface area contributed by atoms with Gasteiger partial charge in [-0.2, -0.15) is 8.42 Å². The van der Waals surface area contributed by atoms with Gasteiger partial charge in [0, 0.05) is 13.2 Å². The Balaban J connectivity index is -0.000000997. The molecule has 0 saturated heterocycles. The first kappa shape index (κ1) is 33.9. The van der Waals surface area contributed by atoms with Crippen LogP contribution >= 0.6 is 0 Å². The van der Waals surface area contributed by atoms with Crippen LogP contribution in [0.15, 0.2) is 0 Å². The van der Waals surface area contributed by atoms with Crippen molar-refractivity contribution in [2.24, 2.45) is 0 Å². The van der Waals surface area contributed by atoms with E-state index in [4.69, 9.17) is 14.9 Å². The van der Waals surface area contributed by atoms with E-state index in [0.717, 1.165) is 32.5 Å². The van der Waals surface area contributed by atoms with Gasteiger partial charge in [0.1, 0.15) is 0 Å². The Morgan fingerprint density at radius 3 is 1.69 bits per heavy atom. The molecule has 1 atom stereocenters. The molecule has 0 radical (unpaired) electrons. The van der Waals surface area contributed by atoms with Crippen LogP contribution in [0.1, 0.15) is 85.0 Å². The molecule has 2 N–H and O–H groups in total. The van der Waals surface area contributed by atoms with Gasteiger partial charge in [-0.1, -0.05) is 64.7 Å². The van der Waals surface area contributed by atoms with Crippen molar-refractivity contribution in [1.82, 2.24) is 0 Å². The average Bonchev–Trinajstić information content (AvgIpc) is 2.66. The van der Waals surface area contributed by atoms with E-state index >= 15 is 0 Å². The van der Waals surface area contributed by atoms with E-state index in [1.54, 1.807) is 0 Å². The molecule has 10 heteroatoms. The van der Waals surface area contributed by atoms with E-state index in [1.165, 1.54) is 38.5 Å². The molecule has 1 unspecified atom stereocenters. The minimum atomic E-state index is -4.47. The average molecular weight is 453 g/mol. The van der Waals surface area contributed by atoms with Gasteiger partial charge in [-0.05, 0) is 20.3 Å². The molecule has 0 rings (SSSR count). The van der Waals surface area contributed by atoms with Crippen LogP contribution in [-0.4, -0.2) is 86.7 Å². The molecule has 0 aliphatic rings. The van der Waals surface area contributed by atoms with Crippen molar-refractivity contribution < 1.29 is 36.5 Å². The Kier molecular flexibility index (Phi) is 28.7. The van der Waals surface area contributed by atoms with Crippen LogP contribution in [-0.2, 0) is 28.3 Å². The van der Waals surface area contributed by atoms with Crippen molar-refractivity contribution in [1.29, 1.82) is 0 Å². The fourth-order valence-corrected chi connectivity index (χ4v) is 2.89. The van der Waals surface area contributed by atoms with Crippen molar-refractivity contribution >= 4 is 45.9 Å². The van der Waals surface area contributed by atoms with Gasteiger partial charge < -0.3 is 19.1 Å². The fraction of sp³-hybridized carbons (Fsp3) is 0.947. The molecular weight excluding hydrogens is 411 g/mol. The van der Waals surface area contributed by atoms with Gasteiger partial charge in [0.25, 0.3) is 0 Å². The number of unbranched alkanes of at least 4 members (excludes halogenated alkanes) is 9. The second-order valence-corrected chi connectivity index (χ2v) is 7.51. The molecule has 0 aromatic carbocycles. The molecule has 0 fully saturated rings. The third-order valence-electron chi connectivity index (χ3n) is 3.76. The summed E-state index contributed by atoms with van der Waals surface area (Å²) in [6, 6.07) is 0. The van der Waals surface area contributed by atoms with Gasteiger partial charge in [0.05, 0.1) is 13.2 Å². The van der Waals surface area contributed by atoms with Crippen molar-refractivity contribution in [2.75, 3.05) is 26.4 Å². The van der Waals surface area contributed by atoms with E-state index < -0.39 is 29.1 Å². The summed E-state index contributed by atoms with van der Waals surface area (Å²) in [5, 5.41) is 17.4. The van der Waals surface area contributed by atoms with Crippen LogP contribution in [0.2, 0.25) is 0 Å². The molecular formula is C19H41NaO8S. The van der Waals surface area contributed by atoms with E-state index in [1.807, 2.05) is 13.8 Å². The second kappa shape index (κ2) is 24.5. The minimum absolute atomic E-state index is 0. The molecule has 172 valence electrons. The number of hydrogen-bond acceptors (Lipinski definition) is 8. The summed E-state index contributed by atoms with van der Waals surface area (Å²) in [5.41, 5.74) is 0. The first-order chi connectivity index (χ1) is 13.3. The summed E-state index contributed by atoms with van der Waals surface area (Å²) in [6.07, 6.45) is 9.21. The zero-order valence-electron chi connectivity index (χ0n) is 17.7. The third-order valence-corrected chi connectivity index (χ3v) is 4.59. The SMILES string of the molecule is CCCCCCCCCCCCOS(=O)(=O)OC(=O)C(O)CO.CCOCC.[NaH]. The normalized spacial score (nSPS) is 11.8. The monoisotopic (exact) mass is 452 g/mol. The quantitative estimate of drug-likeness (QED) is 0.255. The zero-order chi connectivity index (χ0) is 21.7. The second-order valence-electron chi connectivity index (χ2n) is 6.29. The van der Waals surface area contributed by atoms with Crippen LogP contribution in [0.3, 0.4) is 0 Å². The number of carbonyl (C=O) groups excluding carboxylic acids is 1. The first-order valence-corrected chi connectivity index (χ1v) is 11.7. The van der Waals surface area contributed by atoms with Gasteiger partial charge in [-0.25, -0.2) is 8.98 Å². The summed E-state index contributed by atoms with van der Waals surface area (Å²) in [4.78, 5) is 11.0. The van der Waals surface area contributed by atoms with E-state index in [2.05, 4.69) is 15.3 Å². The zero-order valence-corrected chi connectivity index (χ0v) is 18.5. The Labute approximate surface area is 199 Å². The van der Waals surface area contributed by atoms with E-state index in [9.17, 15) is 13.2 Å². The summed E-state index contributed by atoms with van der Waals surface area (Å²) >= 11 is 0. The molecule has 0 aliphatic heterocycles. The number of ether oxygens (including phenoxy) is 1. The predicted molar refractivity (Wildman–Crippen MR) is 115 cm³/mol. The van der Waals surface area contributed by atoms with Crippen molar-refractivity contribution in [2.45, 2.75) is 91.1 Å². The van der Waals surface area contributed by atoms with Crippen LogP contribution in [0, 0.1) is 0 Å². The summed E-state index contributed by atoms with van der Waals surface area (Å²) in [7, 11) is -4.47. The molecule has 0 saturated carbocycles. The van der Waals surface area contributed by atoms with Gasteiger partial charge in [0.2, 0.25) is 0 Å². The van der Waals surface area contributed by atoms with Crippen molar-refractivity contribution in [3.05, 3.63) is 0 Å². The Hall–Kier alpha value is 0.260. The van der Waals surface area contributed by atoms with Crippen molar-refractivity contribution in [3.63, 3.8) is 0 Å². The van der Waals surface area contributed by atoms with Gasteiger partial charge in [0.15, 0.2) is 6.10 Å². The third kappa shape index (κ3) is 26.2. The van der Waals surface area contributed by atoms with Crippen LogP contribution in [0.4, 0.5) is 0 Å². The molecule has 0 aromatic rings. The Morgan fingerprint density at radius 1 is 0.862 bits per heavy atom. The van der Waals surface area contributed by atoms with Crippen molar-refractivity contribution in [3.8, 4) is 0 Å². The standard InChI is InChI=1S/C15H30O7S.C4H10O.Na.H/c1-2-3-4-5-6-7-8-9-10-11-12-21-23(19,20)22-15(18)14(17)13-16;1-3-5-4-2;;/h14,16-17H,2-13H2,1H3;3-4H2,1-2H3;;. The number of rotatable bonds is 17. The van der Waals surface area contributed by atoms with Crippen LogP contribution in [0.5, 0.6) is 0 Å². The number of carbonyl (C=O) groups is 1. The topological polar surface area (TPSA) is 119 Å². The van der Waals surface area contributed by atoms with Gasteiger partial charge in [-0.15, -0.1) is 0 Å². The maximum absolute atomic E-state index is 11.3. The molecule has 0 aromatic heterocycles. The number of hydrogen-bond donors (Lipinski definition) is 2. The molecule has 0 spiro atoms. The molecule has 0 heterocycles. The number of aliphatic hydroxyl groups is 2. The molecule has 29 heavy (non-hydrogen) atoms. The summed E-state index contributed by atoms with van der Waals surface area (Å²) in [6.45, 7) is 6.88. The summed E-state index contributed by atoms with van der Waals surface area (Å²) in [5.74, 6) is -1.45. The van der Waals surface area contributed by atoms with Crippen LogP contribution in [0.25, 0.3) is 0 Å². The fourth-order valence-electron chi connectivity index (χ4n) is 2.21.